The van der Waals surface area contributed by atoms with E-state index in [1.54, 1.807) is 19.2 Å². The number of nitrogens with zero attached hydrogens (tertiary/aromatic N) is 1. The maximum Gasteiger partial charge on any atom is 0.338 e. The predicted octanol–water partition coefficient (Wildman–Crippen LogP) is 2.51. The molecule has 4 nitrogen and oxygen atoms in total. The van der Waals surface area contributed by atoms with Crippen LogP contribution in [0.1, 0.15) is 17.3 Å². The molecule has 1 aromatic carbocycles. The molecule has 2 N–H and O–H groups in total. The number of nitrogen functional groups attached to an aromatic ring is 1. The molecule has 18 heavy (non-hydrogen) atoms. The lowest BCUT2D eigenvalue weighted by atomic mass is 10.0. The van der Waals surface area contributed by atoms with Crippen LogP contribution >= 0.6 is 0 Å². The lowest BCUT2D eigenvalue weighted by Crippen LogP contribution is -2.08. The van der Waals surface area contributed by atoms with Gasteiger partial charge in [0.2, 0.25) is 0 Å². The van der Waals surface area contributed by atoms with Gasteiger partial charge in [0.25, 0.3) is 0 Å². The van der Waals surface area contributed by atoms with Crippen LogP contribution in [0.15, 0.2) is 42.6 Å². The smallest absolute Gasteiger partial charge is 0.338 e. The summed E-state index contributed by atoms with van der Waals surface area (Å²) in [5, 5.41) is 0. The van der Waals surface area contributed by atoms with Gasteiger partial charge in [-0.1, -0.05) is 30.3 Å². The largest absolute Gasteiger partial charge is 0.462 e. The highest BCUT2D eigenvalue weighted by Gasteiger charge is 2.14. The Hall–Kier alpha value is -2.36. The quantitative estimate of drug-likeness (QED) is 0.840. The number of carbonyl (C=O) groups excluding carboxylic acids is 1. The van der Waals surface area contributed by atoms with Gasteiger partial charge in [0, 0.05) is 11.8 Å². The van der Waals surface area contributed by atoms with Gasteiger partial charge in [0.15, 0.2) is 0 Å². The minimum absolute atomic E-state index is 0.303. The number of hydrogen-bond acceptors (Lipinski definition) is 4. The second kappa shape index (κ2) is 5.31. The van der Waals surface area contributed by atoms with Crippen molar-refractivity contribution in [3.8, 4) is 11.1 Å². The monoisotopic (exact) mass is 242 g/mol. The molecule has 4 heteroatoms. The maximum absolute atomic E-state index is 11.9. The molecular weight excluding hydrogens is 228 g/mol. The number of benzene rings is 1. The number of pyridine rings is 1. The minimum atomic E-state index is -0.384. The van der Waals surface area contributed by atoms with Crippen LogP contribution in [-0.4, -0.2) is 17.6 Å². The summed E-state index contributed by atoms with van der Waals surface area (Å²) in [4.78, 5) is 15.9. The van der Waals surface area contributed by atoms with E-state index in [-0.39, 0.29) is 5.97 Å². The van der Waals surface area contributed by atoms with Crippen LogP contribution in [-0.2, 0) is 4.74 Å². The molecule has 1 heterocycles. The Morgan fingerprint density at radius 1 is 1.33 bits per heavy atom. The maximum atomic E-state index is 11.9. The highest BCUT2D eigenvalue weighted by atomic mass is 16.5. The molecule has 2 rings (SSSR count). The van der Waals surface area contributed by atoms with Crippen LogP contribution in [0.5, 0.6) is 0 Å². The van der Waals surface area contributed by atoms with Gasteiger partial charge in [-0.25, -0.2) is 9.78 Å². The van der Waals surface area contributed by atoms with Crippen molar-refractivity contribution in [2.75, 3.05) is 12.3 Å². The van der Waals surface area contributed by atoms with Crippen molar-refractivity contribution in [2.24, 2.45) is 0 Å². The van der Waals surface area contributed by atoms with Gasteiger partial charge >= 0.3 is 5.97 Å². The zero-order valence-corrected chi connectivity index (χ0v) is 10.1. The zero-order valence-electron chi connectivity index (χ0n) is 10.1. The van der Waals surface area contributed by atoms with E-state index in [2.05, 4.69) is 4.98 Å². The average molecular weight is 242 g/mol. The molecule has 0 radical (unpaired) electrons. The Morgan fingerprint density at radius 2 is 2.06 bits per heavy atom. The number of carbonyl (C=O) groups is 1. The number of nitrogens with two attached hydrogens (primary N) is 1. The van der Waals surface area contributed by atoms with Crippen molar-refractivity contribution in [1.29, 1.82) is 0 Å². The van der Waals surface area contributed by atoms with Gasteiger partial charge in [0.1, 0.15) is 5.82 Å². The standard InChI is InChI=1S/C14H14N2O2/c1-2-18-14(17)11-8-13(15)16-9-12(11)10-6-4-3-5-7-10/h3-9H,2H2,1H3,(H2,15,16). The van der Waals surface area contributed by atoms with E-state index in [9.17, 15) is 4.79 Å². The lowest BCUT2D eigenvalue weighted by Gasteiger charge is -2.09. The van der Waals surface area contributed by atoms with E-state index >= 15 is 0 Å². The summed E-state index contributed by atoms with van der Waals surface area (Å²) < 4.78 is 5.02. The van der Waals surface area contributed by atoms with Crippen molar-refractivity contribution < 1.29 is 9.53 Å². The number of esters is 1. The molecule has 0 unspecified atom stereocenters. The molecule has 0 aliphatic heterocycles. The third kappa shape index (κ3) is 2.48. The van der Waals surface area contributed by atoms with Crippen LogP contribution in [0.25, 0.3) is 11.1 Å². The van der Waals surface area contributed by atoms with Gasteiger partial charge in [-0.3, -0.25) is 0 Å². The summed E-state index contributed by atoms with van der Waals surface area (Å²) in [6.07, 6.45) is 1.59. The molecule has 0 aliphatic carbocycles. The van der Waals surface area contributed by atoms with E-state index in [0.717, 1.165) is 11.1 Å². The number of aromatic nitrogens is 1. The Morgan fingerprint density at radius 3 is 2.72 bits per heavy atom. The fraction of sp³-hybridized carbons (Fsp3) is 0.143. The molecule has 0 atom stereocenters. The van der Waals surface area contributed by atoms with E-state index in [0.29, 0.717) is 18.0 Å². The first kappa shape index (κ1) is 12.1. The third-order valence-corrected chi connectivity index (χ3v) is 2.51. The molecule has 0 saturated carbocycles. The van der Waals surface area contributed by atoms with Gasteiger partial charge in [-0.15, -0.1) is 0 Å². The lowest BCUT2D eigenvalue weighted by molar-refractivity contribution is 0.0527. The van der Waals surface area contributed by atoms with Crippen molar-refractivity contribution in [3.05, 3.63) is 48.2 Å². The van der Waals surface area contributed by atoms with Gasteiger partial charge < -0.3 is 10.5 Å². The number of hydrogen-bond donors (Lipinski definition) is 1. The Balaban J connectivity index is 2.51. The minimum Gasteiger partial charge on any atom is -0.462 e. The highest BCUT2D eigenvalue weighted by molar-refractivity contribution is 5.97. The van der Waals surface area contributed by atoms with E-state index in [1.807, 2.05) is 30.3 Å². The third-order valence-electron chi connectivity index (χ3n) is 2.51. The first-order chi connectivity index (χ1) is 8.72. The Bertz CT molecular complexity index is 553. The Labute approximate surface area is 105 Å². The Kier molecular flexibility index (Phi) is 3.57. The van der Waals surface area contributed by atoms with Gasteiger partial charge in [0.05, 0.1) is 12.2 Å². The second-order valence-corrected chi connectivity index (χ2v) is 3.74. The van der Waals surface area contributed by atoms with Crippen molar-refractivity contribution in [1.82, 2.24) is 4.98 Å². The van der Waals surface area contributed by atoms with Crippen LogP contribution in [0.2, 0.25) is 0 Å². The van der Waals surface area contributed by atoms with Crippen molar-refractivity contribution in [2.45, 2.75) is 6.92 Å². The normalized spacial score (nSPS) is 10.1. The molecule has 0 spiro atoms. The van der Waals surface area contributed by atoms with Crippen LogP contribution < -0.4 is 5.73 Å². The summed E-state index contributed by atoms with van der Waals surface area (Å²) in [7, 11) is 0. The summed E-state index contributed by atoms with van der Waals surface area (Å²) in [5.41, 5.74) is 7.70. The topological polar surface area (TPSA) is 65.2 Å². The number of rotatable bonds is 3. The van der Waals surface area contributed by atoms with E-state index in [1.165, 1.54) is 0 Å². The molecule has 0 aliphatic rings. The molecule has 2 aromatic rings. The first-order valence-corrected chi connectivity index (χ1v) is 5.70. The zero-order chi connectivity index (χ0) is 13.0. The van der Waals surface area contributed by atoms with Gasteiger partial charge in [-0.05, 0) is 18.6 Å². The average Bonchev–Trinajstić information content (AvgIpc) is 2.40. The van der Waals surface area contributed by atoms with Crippen LogP contribution in [0, 0.1) is 0 Å². The summed E-state index contributed by atoms with van der Waals surface area (Å²) in [6.45, 7) is 2.10. The van der Waals surface area contributed by atoms with Gasteiger partial charge in [-0.2, -0.15) is 0 Å². The molecule has 92 valence electrons. The number of ether oxygens (including phenoxy) is 1. The fourth-order valence-corrected chi connectivity index (χ4v) is 1.70. The molecule has 1 aromatic heterocycles. The predicted molar refractivity (Wildman–Crippen MR) is 70.0 cm³/mol. The molecule has 0 saturated heterocycles. The van der Waals surface area contributed by atoms with Crippen LogP contribution in [0.3, 0.4) is 0 Å². The summed E-state index contributed by atoms with van der Waals surface area (Å²) in [5.74, 6) is -0.0804. The highest BCUT2D eigenvalue weighted by Crippen LogP contribution is 2.24. The van der Waals surface area contributed by atoms with E-state index < -0.39 is 0 Å². The van der Waals surface area contributed by atoms with Crippen molar-refractivity contribution in [3.63, 3.8) is 0 Å². The van der Waals surface area contributed by atoms with Crippen molar-refractivity contribution >= 4 is 11.8 Å². The summed E-state index contributed by atoms with van der Waals surface area (Å²) >= 11 is 0. The first-order valence-electron chi connectivity index (χ1n) is 5.70. The molecule has 0 bridgehead atoms. The number of anilines is 1. The molecule has 0 amide bonds. The molecule has 0 fully saturated rings. The molecular formula is C14H14N2O2. The van der Waals surface area contributed by atoms with E-state index in [4.69, 9.17) is 10.5 Å². The fourth-order valence-electron chi connectivity index (χ4n) is 1.70. The van der Waals surface area contributed by atoms with Crippen LogP contribution in [0.4, 0.5) is 5.82 Å². The SMILES string of the molecule is CCOC(=O)c1cc(N)ncc1-c1ccccc1. The second-order valence-electron chi connectivity index (χ2n) is 3.74. The summed E-state index contributed by atoms with van der Waals surface area (Å²) in [6, 6.07) is 11.1.